The van der Waals surface area contributed by atoms with E-state index in [1.165, 1.54) is 12.1 Å². The van der Waals surface area contributed by atoms with Crippen molar-refractivity contribution in [2.45, 2.75) is 25.9 Å². The van der Waals surface area contributed by atoms with Gasteiger partial charge in [0.1, 0.15) is 5.82 Å². The predicted octanol–water partition coefficient (Wildman–Crippen LogP) is 1.30. The number of hydrogen-bond donors (Lipinski definition) is 3. The summed E-state index contributed by atoms with van der Waals surface area (Å²) in [6, 6.07) is 3.95. The number of nitrogens with one attached hydrogen (secondary N) is 1. The Bertz CT molecular complexity index is 394. The predicted molar refractivity (Wildman–Crippen MR) is 64.1 cm³/mol. The number of hydrogen-bond acceptors (Lipinski definition) is 3. The highest BCUT2D eigenvalue weighted by Gasteiger charge is 2.10. The lowest BCUT2D eigenvalue weighted by Crippen LogP contribution is -2.26. The van der Waals surface area contributed by atoms with E-state index in [0.29, 0.717) is 19.4 Å². The molecule has 0 fully saturated rings. The first-order valence-corrected chi connectivity index (χ1v) is 5.52. The molecule has 4 N–H and O–H groups in total. The van der Waals surface area contributed by atoms with Crippen molar-refractivity contribution in [3.63, 3.8) is 0 Å². The molecule has 0 aliphatic carbocycles. The fourth-order valence-electron chi connectivity index (χ4n) is 1.41. The van der Waals surface area contributed by atoms with Crippen molar-refractivity contribution in [1.82, 2.24) is 5.32 Å². The second-order valence-corrected chi connectivity index (χ2v) is 3.99. The van der Waals surface area contributed by atoms with E-state index in [1.54, 1.807) is 6.92 Å². The maximum Gasteiger partial charge on any atom is 0.254 e. The van der Waals surface area contributed by atoms with Crippen LogP contribution in [0.2, 0.25) is 0 Å². The van der Waals surface area contributed by atoms with Crippen molar-refractivity contribution in [2.75, 3.05) is 12.3 Å². The van der Waals surface area contributed by atoms with Crippen molar-refractivity contribution in [2.24, 2.45) is 0 Å². The lowest BCUT2D eigenvalue weighted by Gasteiger charge is -2.07. The van der Waals surface area contributed by atoms with Crippen molar-refractivity contribution < 1.29 is 14.3 Å². The average molecular weight is 240 g/mol. The van der Waals surface area contributed by atoms with Crippen LogP contribution in [-0.4, -0.2) is 23.7 Å². The van der Waals surface area contributed by atoms with Gasteiger partial charge in [-0.2, -0.15) is 0 Å². The number of halogens is 1. The highest BCUT2D eigenvalue weighted by molar-refractivity contribution is 5.94. The number of aliphatic hydroxyl groups is 1. The Hall–Kier alpha value is -1.62. The smallest absolute Gasteiger partial charge is 0.254 e. The number of benzene rings is 1. The summed E-state index contributed by atoms with van der Waals surface area (Å²) < 4.78 is 13.4. The molecule has 17 heavy (non-hydrogen) atoms. The number of rotatable bonds is 5. The minimum atomic E-state index is -0.627. The molecule has 1 amide bonds. The Morgan fingerprint density at radius 2 is 2.29 bits per heavy atom. The monoisotopic (exact) mass is 240 g/mol. The first-order chi connectivity index (χ1) is 8.00. The Labute approximate surface area is 99.6 Å². The molecular formula is C12H17FN2O2. The van der Waals surface area contributed by atoms with Crippen LogP contribution >= 0.6 is 0 Å². The number of carbonyl (C=O) groups excluding carboxylic acids is 1. The lowest BCUT2D eigenvalue weighted by atomic mass is 10.1. The summed E-state index contributed by atoms with van der Waals surface area (Å²) in [7, 11) is 0. The standard InChI is InChI=1S/C12H17FN2O2/c1-8(16)3-2-6-15-12(17)10-5-4-9(14)7-11(10)13/h4-5,7-8,16H,2-3,6,14H2,1H3,(H,15,17). The van der Waals surface area contributed by atoms with Crippen LogP contribution in [0.1, 0.15) is 30.1 Å². The van der Waals surface area contributed by atoms with Gasteiger partial charge >= 0.3 is 0 Å². The van der Waals surface area contributed by atoms with Gasteiger partial charge in [-0.1, -0.05) is 0 Å². The first-order valence-electron chi connectivity index (χ1n) is 5.52. The quantitative estimate of drug-likeness (QED) is 0.536. The number of anilines is 1. The second-order valence-electron chi connectivity index (χ2n) is 3.99. The van der Waals surface area contributed by atoms with E-state index in [4.69, 9.17) is 10.8 Å². The highest BCUT2D eigenvalue weighted by atomic mass is 19.1. The summed E-state index contributed by atoms with van der Waals surface area (Å²) in [5.41, 5.74) is 5.65. The van der Waals surface area contributed by atoms with Gasteiger partial charge in [0.15, 0.2) is 0 Å². The zero-order valence-electron chi connectivity index (χ0n) is 9.74. The summed E-state index contributed by atoms with van der Waals surface area (Å²) in [5, 5.41) is 11.6. The van der Waals surface area contributed by atoms with Gasteiger partial charge in [-0.15, -0.1) is 0 Å². The van der Waals surface area contributed by atoms with Crippen LogP contribution in [0.5, 0.6) is 0 Å². The molecule has 1 aromatic rings. The fourth-order valence-corrected chi connectivity index (χ4v) is 1.41. The summed E-state index contributed by atoms with van der Waals surface area (Å²) in [6.45, 7) is 2.09. The third-order valence-corrected chi connectivity index (χ3v) is 2.32. The molecule has 1 rings (SSSR count). The van der Waals surface area contributed by atoms with E-state index in [0.717, 1.165) is 6.07 Å². The van der Waals surface area contributed by atoms with Gasteiger partial charge in [0.2, 0.25) is 0 Å². The second kappa shape index (κ2) is 6.20. The molecule has 1 unspecified atom stereocenters. The SMILES string of the molecule is CC(O)CCCNC(=O)c1ccc(N)cc1F. The molecule has 4 nitrogen and oxygen atoms in total. The zero-order valence-corrected chi connectivity index (χ0v) is 9.74. The summed E-state index contributed by atoms with van der Waals surface area (Å²) in [4.78, 5) is 11.6. The average Bonchev–Trinajstić information content (AvgIpc) is 2.23. The normalized spacial score (nSPS) is 12.2. The maximum atomic E-state index is 13.4. The minimum absolute atomic E-state index is 0.0174. The van der Waals surface area contributed by atoms with Gasteiger partial charge in [-0.25, -0.2) is 4.39 Å². The minimum Gasteiger partial charge on any atom is -0.399 e. The molecule has 0 radical (unpaired) electrons. The Morgan fingerprint density at radius 3 is 2.88 bits per heavy atom. The third kappa shape index (κ3) is 4.40. The molecule has 0 spiro atoms. The molecule has 0 heterocycles. The lowest BCUT2D eigenvalue weighted by molar-refractivity contribution is 0.0945. The Balaban J connectivity index is 2.47. The van der Waals surface area contributed by atoms with Crippen LogP contribution in [0.4, 0.5) is 10.1 Å². The van der Waals surface area contributed by atoms with E-state index in [1.807, 2.05) is 0 Å². The van der Waals surface area contributed by atoms with Crippen molar-refractivity contribution >= 4 is 11.6 Å². The van der Waals surface area contributed by atoms with Crippen LogP contribution in [0, 0.1) is 5.82 Å². The fraction of sp³-hybridized carbons (Fsp3) is 0.417. The van der Waals surface area contributed by atoms with Crippen LogP contribution in [0.25, 0.3) is 0 Å². The number of aliphatic hydroxyl groups excluding tert-OH is 1. The molecule has 0 bridgehead atoms. The maximum absolute atomic E-state index is 13.4. The molecule has 0 aliphatic rings. The number of amides is 1. The van der Waals surface area contributed by atoms with Gasteiger partial charge in [0.25, 0.3) is 5.91 Å². The number of nitrogen functional groups attached to an aromatic ring is 1. The van der Waals surface area contributed by atoms with Gasteiger partial charge in [0.05, 0.1) is 11.7 Å². The van der Waals surface area contributed by atoms with Crippen molar-refractivity contribution in [1.29, 1.82) is 0 Å². The van der Waals surface area contributed by atoms with Crippen LogP contribution in [0.15, 0.2) is 18.2 Å². The molecule has 1 aromatic carbocycles. The molecule has 94 valence electrons. The van der Waals surface area contributed by atoms with Gasteiger partial charge in [-0.3, -0.25) is 4.79 Å². The van der Waals surface area contributed by atoms with E-state index in [-0.39, 0.29) is 17.4 Å². The largest absolute Gasteiger partial charge is 0.399 e. The molecule has 0 saturated carbocycles. The zero-order chi connectivity index (χ0) is 12.8. The Kier molecular flexibility index (Phi) is 4.90. The molecule has 5 heteroatoms. The van der Waals surface area contributed by atoms with Crippen molar-refractivity contribution in [3.05, 3.63) is 29.6 Å². The first kappa shape index (κ1) is 13.4. The number of carbonyl (C=O) groups is 1. The van der Waals surface area contributed by atoms with Crippen LogP contribution in [0.3, 0.4) is 0 Å². The molecule has 0 saturated heterocycles. The molecule has 1 atom stereocenters. The Morgan fingerprint density at radius 1 is 1.59 bits per heavy atom. The molecular weight excluding hydrogens is 223 g/mol. The summed E-state index contributed by atoms with van der Waals surface area (Å²) in [6.07, 6.45) is 0.866. The van der Waals surface area contributed by atoms with E-state index in [2.05, 4.69) is 5.32 Å². The summed E-state index contributed by atoms with van der Waals surface area (Å²) >= 11 is 0. The number of nitrogens with two attached hydrogens (primary N) is 1. The van der Waals surface area contributed by atoms with Gasteiger partial charge < -0.3 is 16.2 Å². The third-order valence-electron chi connectivity index (χ3n) is 2.32. The van der Waals surface area contributed by atoms with E-state index < -0.39 is 11.7 Å². The molecule has 0 aliphatic heterocycles. The van der Waals surface area contributed by atoms with Gasteiger partial charge in [-0.05, 0) is 38.0 Å². The van der Waals surface area contributed by atoms with Crippen molar-refractivity contribution in [3.8, 4) is 0 Å². The van der Waals surface area contributed by atoms with Crippen LogP contribution < -0.4 is 11.1 Å². The topological polar surface area (TPSA) is 75.3 Å². The van der Waals surface area contributed by atoms with Gasteiger partial charge in [0, 0.05) is 12.2 Å². The van der Waals surface area contributed by atoms with E-state index >= 15 is 0 Å². The van der Waals surface area contributed by atoms with E-state index in [9.17, 15) is 9.18 Å². The van der Waals surface area contributed by atoms with Crippen LogP contribution in [-0.2, 0) is 0 Å². The summed E-state index contributed by atoms with van der Waals surface area (Å²) in [5.74, 6) is -1.09. The molecule has 0 aromatic heterocycles. The highest BCUT2D eigenvalue weighted by Crippen LogP contribution is 2.11.